The van der Waals surface area contributed by atoms with E-state index >= 15 is 0 Å². The Morgan fingerprint density at radius 2 is 2.04 bits per heavy atom. The summed E-state index contributed by atoms with van der Waals surface area (Å²) in [6.07, 6.45) is 2.11. The predicted molar refractivity (Wildman–Crippen MR) is 106 cm³/mol. The van der Waals surface area contributed by atoms with E-state index in [1.54, 1.807) is 23.3 Å². The van der Waals surface area contributed by atoms with Gasteiger partial charge in [0.05, 0.1) is 12.0 Å². The van der Waals surface area contributed by atoms with Gasteiger partial charge in [0.2, 0.25) is 23.2 Å². The number of anilines is 1. The summed E-state index contributed by atoms with van der Waals surface area (Å²) < 4.78 is 11.8. The Morgan fingerprint density at radius 1 is 1.18 bits per heavy atom. The van der Waals surface area contributed by atoms with Crippen molar-refractivity contribution in [3.8, 4) is 17.1 Å². The van der Waals surface area contributed by atoms with Crippen molar-refractivity contribution >= 4 is 23.4 Å². The molecule has 1 aliphatic heterocycles. The quantitative estimate of drug-likeness (QED) is 0.589. The Hall–Kier alpha value is -2.87. The molecule has 3 heterocycles. The minimum atomic E-state index is -0.773. The average Bonchev–Trinajstić information content (AvgIpc) is 3.22. The third kappa shape index (κ3) is 3.35. The van der Waals surface area contributed by atoms with Gasteiger partial charge in [0, 0.05) is 17.7 Å². The molecule has 7 nitrogen and oxygen atoms in total. The molecule has 0 unspecified atom stereocenters. The fourth-order valence-electron chi connectivity index (χ4n) is 3.02. The lowest BCUT2D eigenvalue weighted by molar-refractivity contribution is -0.120. The van der Waals surface area contributed by atoms with E-state index < -0.39 is 6.23 Å². The van der Waals surface area contributed by atoms with Crippen LogP contribution in [0.2, 0.25) is 0 Å². The molecule has 3 aromatic rings. The van der Waals surface area contributed by atoms with Gasteiger partial charge in [-0.1, -0.05) is 43.8 Å². The van der Waals surface area contributed by atoms with Crippen molar-refractivity contribution in [3.63, 3.8) is 0 Å². The molecule has 28 heavy (non-hydrogen) atoms. The first kappa shape index (κ1) is 18.5. The minimum absolute atomic E-state index is 0.0878. The van der Waals surface area contributed by atoms with Crippen LogP contribution in [-0.2, 0) is 4.79 Å². The van der Waals surface area contributed by atoms with Crippen molar-refractivity contribution in [2.75, 3.05) is 10.7 Å². The number of hydrogen-bond donors (Lipinski definition) is 0. The zero-order valence-corrected chi connectivity index (χ0v) is 16.5. The summed E-state index contributed by atoms with van der Waals surface area (Å²) >= 11 is 1.52. The third-order valence-corrected chi connectivity index (χ3v) is 5.35. The molecular weight excluding hydrogens is 376 g/mol. The first-order valence-electron chi connectivity index (χ1n) is 9.22. The highest BCUT2D eigenvalue weighted by Gasteiger charge is 2.36. The van der Waals surface area contributed by atoms with E-state index in [0.29, 0.717) is 34.6 Å². The van der Waals surface area contributed by atoms with Crippen molar-refractivity contribution < 1.29 is 13.9 Å². The molecule has 0 fully saturated rings. The number of rotatable bonds is 5. The van der Waals surface area contributed by atoms with Crippen LogP contribution in [0.4, 0.5) is 5.69 Å². The second-order valence-electron chi connectivity index (χ2n) is 6.22. The van der Waals surface area contributed by atoms with Crippen LogP contribution in [0.1, 0.15) is 38.7 Å². The molecule has 1 amide bonds. The van der Waals surface area contributed by atoms with Crippen LogP contribution in [0.5, 0.6) is 5.88 Å². The fourth-order valence-corrected chi connectivity index (χ4v) is 3.66. The van der Waals surface area contributed by atoms with Crippen LogP contribution in [0.15, 0.2) is 52.2 Å². The number of carbonyl (C=O) groups is 1. The molecule has 1 atom stereocenters. The Bertz CT molecular complexity index is 977. The summed E-state index contributed by atoms with van der Waals surface area (Å²) in [5, 5.41) is 9.17. The standard InChI is InChI=1S/C20H20N4O3S/c1-3-12-28-20-21-18-17(22-23-20)13-8-5-6-9-14(13)24(16(25)4-2)19(27-18)15-10-7-11-26-15/h5-11,19H,3-4,12H2,1-2H3/t19-/m0/s1. The second kappa shape index (κ2) is 8.02. The number of furan rings is 1. The van der Waals surface area contributed by atoms with E-state index in [4.69, 9.17) is 9.15 Å². The highest BCUT2D eigenvalue weighted by Crippen LogP contribution is 2.43. The Kier molecular flexibility index (Phi) is 5.29. The summed E-state index contributed by atoms with van der Waals surface area (Å²) in [7, 11) is 0. The molecule has 0 radical (unpaired) electrons. The van der Waals surface area contributed by atoms with Crippen molar-refractivity contribution in [2.24, 2.45) is 0 Å². The predicted octanol–water partition coefficient (Wildman–Crippen LogP) is 4.47. The summed E-state index contributed by atoms with van der Waals surface area (Å²) in [6.45, 7) is 3.91. The zero-order valence-electron chi connectivity index (χ0n) is 15.7. The Balaban J connectivity index is 1.89. The molecule has 8 heteroatoms. The number of aromatic nitrogens is 3. The molecule has 0 saturated heterocycles. The van der Waals surface area contributed by atoms with E-state index in [-0.39, 0.29) is 5.91 Å². The number of carbonyl (C=O) groups excluding carboxylic acids is 1. The topological polar surface area (TPSA) is 81.3 Å². The molecular formula is C20H20N4O3S. The maximum absolute atomic E-state index is 12.9. The average molecular weight is 396 g/mol. The van der Waals surface area contributed by atoms with Gasteiger partial charge in [0.25, 0.3) is 0 Å². The van der Waals surface area contributed by atoms with E-state index in [0.717, 1.165) is 17.7 Å². The number of fused-ring (bicyclic) bond motifs is 3. The van der Waals surface area contributed by atoms with Gasteiger partial charge < -0.3 is 9.15 Å². The number of thioether (sulfide) groups is 1. The molecule has 1 aromatic carbocycles. The van der Waals surface area contributed by atoms with Crippen LogP contribution in [-0.4, -0.2) is 26.8 Å². The van der Waals surface area contributed by atoms with Crippen LogP contribution in [0.3, 0.4) is 0 Å². The number of para-hydroxylation sites is 1. The number of benzene rings is 1. The summed E-state index contributed by atoms with van der Waals surface area (Å²) in [4.78, 5) is 19.1. The molecule has 0 bridgehead atoms. The molecule has 0 spiro atoms. The van der Waals surface area contributed by atoms with Gasteiger partial charge >= 0.3 is 0 Å². The SMILES string of the molecule is CCCSc1nnc2c(n1)O[C@@H](c1ccco1)N(C(=O)CC)c1ccccc1-2. The first-order valence-corrected chi connectivity index (χ1v) is 10.2. The Morgan fingerprint density at radius 3 is 2.79 bits per heavy atom. The second-order valence-corrected chi connectivity index (χ2v) is 7.28. The summed E-state index contributed by atoms with van der Waals surface area (Å²) in [6, 6.07) is 11.1. The van der Waals surface area contributed by atoms with Crippen molar-refractivity contribution in [3.05, 3.63) is 48.4 Å². The van der Waals surface area contributed by atoms with Gasteiger partial charge in [-0.3, -0.25) is 9.69 Å². The van der Waals surface area contributed by atoms with Gasteiger partial charge in [-0.15, -0.1) is 10.2 Å². The van der Waals surface area contributed by atoms with E-state index in [1.165, 1.54) is 11.8 Å². The van der Waals surface area contributed by atoms with Gasteiger partial charge in [-0.25, -0.2) is 0 Å². The van der Waals surface area contributed by atoms with E-state index in [1.807, 2.05) is 31.2 Å². The van der Waals surface area contributed by atoms with Crippen LogP contribution >= 0.6 is 11.8 Å². The third-order valence-electron chi connectivity index (χ3n) is 4.30. The molecule has 0 N–H and O–H groups in total. The first-order chi connectivity index (χ1) is 13.7. The molecule has 0 saturated carbocycles. The molecule has 144 valence electrons. The number of ether oxygens (including phenoxy) is 1. The number of amides is 1. The van der Waals surface area contributed by atoms with Gasteiger partial charge in [-0.05, 0) is 24.6 Å². The molecule has 0 aliphatic carbocycles. The Labute approximate surface area is 167 Å². The van der Waals surface area contributed by atoms with Crippen LogP contribution in [0.25, 0.3) is 11.3 Å². The molecule has 4 rings (SSSR count). The monoisotopic (exact) mass is 396 g/mol. The van der Waals surface area contributed by atoms with Gasteiger partial charge in [-0.2, -0.15) is 4.98 Å². The maximum Gasteiger partial charge on any atom is 0.247 e. The van der Waals surface area contributed by atoms with Crippen molar-refractivity contribution in [1.82, 2.24) is 15.2 Å². The summed E-state index contributed by atoms with van der Waals surface area (Å²) in [5.41, 5.74) is 1.96. The minimum Gasteiger partial charge on any atom is -0.463 e. The van der Waals surface area contributed by atoms with Crippen molar-refractivity contribution in [2.45, 2.75) is 38.1 Å². The normalized spacial score (nSPS) is 15.4. The highest BCUT2D eigenvalue weighted by molar-refractivity contribution is 7.99. The fraction of sp³-hybridized carbons (Fsp3) is 0.300. The van der Waals surface area contributed by atoms with Gasteiger partial charge in [0.1, 0.15) is 0 Å². The lowest BCUT2D eigenvalue weighted by Gasteiger charge is -2.28. The van der Waals surface area contributed by atoms with E-state index in [2.05, 4.69) is 22.1 Å². The lowest BCUT2D eigenvalue weighted by Crippen LogP contribution is -2.37. The highest BCUT2D eigenvalue weighted by atomic mass is 32.2. The number of nitrogens with zero attached hydrogens (tertiary/aromatic N) is 4. The lowest BCUT2D eigenvalue weighted by atomic mass is 10.1. The summed E-state index contributed by atoms with van der Waals surface area (Å²) in [5.74, 6) is 1.66. The van der Waals surface area contributed by atoms with Crippen molar-refractivity contribution in [1.29, 1.82) is 0 Å². The van der Waals surface area contributed by atoms with Gasteiger partial charge in [0.15, 0.2) is 11.5 Å². The number of hydrogen-bond acceptors (Lipinski definition) is 7. The van der Waals surface area contributed by atoms with Crippen LogP contribution < -0.4 is 9.64 Å². The zero-order chi connectivity index (χ0) is 19.5. The smallest absolute Gasteiger partial charge is 0.247 e. The maximum atomic E-state index is 12.9. The van der Waals surface area contributed by atoms with E-state index in [9.17, 15) is 4.79 Å². The molecule has 2 aromatic heterocycles. The molecule has 1 aliphatic rings. The largest absolute Gasteiger partial charge is 0.463 e. The van der Waals surface area contributed by atoms with Crippen LogP contribution in [0, 0.1) is 0 Å².